The van der Waals surface area contributed by atoms with Crippen LogP contribution in [0.1, 0.15) is 174 Å². The number of amides is 1. The number of carbonyl (C=O) groups is 1. The number of rotatable bonds is 40. The minimum atomic E-state index is -1.98. The zero-order chi connectivity index (χ0) is 54.1. The Morgan fingerprint density at radius 2 is 0.865 bits per heavy atom. The Morgan fingerprint density at radius 3 is 1.35 bits per heavy atom. The van der Waals surface area contributed by atoms with Crippen molar-refractivity contribution in [3.63, 3.8) is 0 Å². The average molecular weight is 1060 g/mol. The largest absolute Gasteiger partial charge is 0.394 e. The van der Waals surface area contributed by atoms with Gasteiger partial charge >= 0.3 is 0 Å². The molecule has 3 fully saturated rings. The van der Waals surface area contributed by atoms with Gasteiger partial charge in [-0.05, 0) is 44.9 Å². The fraction of sp³-hybridized carbons (Fsp3) is 0.873. The number of aliphatic hydroxyl groups is 11. The Hall–Kier alpha value is -1.99. The molecule has 12 N–H and O–H groups in total. The molecule has 432 valence electrons. The summed E-state index contributed by atoms with van der Waals surface area (Å²) in [6, 6.07) is -0.991. The van der Waals surface area contributed by atoms with Gasteiger partial charge in [0.1, 0.15) is 73.2 Å². The topological polar surface area (TPSA) is 307 Å². The lowest BCUT2D eigenvalue weighted by Crippen LogP contribution is -2.66. The van der Waals surface area contributed by atoms with Gasteiger partial charge in [-0.25, -0.2) is 0 Å². The Morgan fingerprint density at radius 1 is 0.473 bits per heavy atom. The molecule has 19 heteroatoms. The second kappa shape index (κ2) is 39.4. The van der Waals surface area contributed by atoms with Gasteiger partial charge in [0, 0.05) is 6.42 Å². The zero-order valence-electron chi connectivity index (χ0n) is 44.6. The van der Waals surface area contributed by atoms with E-state index < -0.39 is 124 Å². The third-order valence-corrected chi connectivity index (χ3v) is 14.2. The molecule has 3 rings (SSSR count). The van der Waals surface area contributed by atoms with E-state index in [1.807, 2.05) is 6.08 Å². The first-order valence-electron chi connectivity index (χ1n) is 28.2. The summed E-state index contributed by atoms with van der Waals surface area (Å²) in [7, 11) is 0. The van der Waals surface area contributed by atoms with E-state index in [-0.39, 0.29) is 18.9 Å². The third-order valence-electron chi connectivity index (χ3n) is 14.2. The molecule has 0 aromatic heterocycles. The van der Waals surface area contributed by atoms with E-state index in [0.29, 0.717) is 12.8 Å². The predicted octanol–water partition coefficient (Wildman–Crippen LogP) is 3.76. The number of unbranched alkanes of at least 4 members (excludes halogenated alkanes) is 20. The molecular formula is C55H99NO18. The van der Waals surface area contributed by atoms with Gasteiger partial charge in [0.15, 0.2) is 18.9 Å². The van der Waals surface area contributed by atoms with Crippen molar-refractivity contribution in [2.45, 2.75) is 279 Å². The highest BCUT2D eigenvalue weighted by molar-refractivity contribution is 5.76. The molecule has 3 heterocycles. The molecule has 1 amide bonds. The van der Waals surface area contributed by atoms with Crippen molar-refractivity contribution >= 4 is 5.91 Å². The van der Waals surface area contributed by atoms with Crippen molar-refractivity contribution in [2.24, 2.45) is 0 Å². The van der Waals surface area contributed by atoms with E-state index in [1.54, 1.807) is 6.08 Å². The van der Waals surface area contributed by atoms with Crippen LogP contribution >= 0.6 is 0 Å². The number of nitrogens with one attached hydrogen (secondary N) is 1. The van der Waals surface area contributed by atoms with Crippen LogP contribution in [-0.4, -0.2) is 193 Å². The molecule has 0 aromatic carbocycles. The maximum Gasteiger partial charge on any atom is 0.220 e. The van der Waals surface area contributed by atoms with Crippen LogP contribution in [0.3, 0.4) is 0 Å². The van der Waals surface area contributed by atoms with Crippen molar-refractivity contribution in [3.05, 3.63) is 36.5 Å². The van der Waals surface area contributed by atoms with Crippen LogP contribution in [0.25, 0.3) is 0 Å². The smallest absolute Gasteiger partial charge is 0.220 e. The Labute approximate surface area is 440 Å². The minimum absolute atomic E-state index is 0.234. The molecule has 0 saturated carbocycles. The Balaban J connectivity index is 1.55. The second-order valence-corrected chi connectivity index (χ2v) is 20.4. The number of hydrogen-bond donors (Lipinski definition) is 12. The number of hydrogen-bond acceptors (Lipinski definition) is 18. The highest BCUT2D eigenvalue weighted by Gasteiger charge is 2.53. The van der Waals surface area contributed by atoms with Crippen LogP contribution in [0.4, 0.5) is 0 Å². The first-order valence-corrected chi connectivity index (χ1v) is 28.2. The molecule has 74 heavy (non-hydrogen) atoms. The maximum absolute atomic E-state index is 13.3. The van der Waals surface area contributed by atoms with Gasteiger partial charge in [-0.15, -0.1) is 0 Å². The number of aliphatic hydroxyl groups excluding tert-OH is 11. The lowest BCUT2D eigenvalue weighted by molar-refractivity contribution is -0.379. The monoisotopic (exact) mass is 1060 g/mol. The molecule has 3 aliphatic rings. The van der Waals surface area contributed by atoms with E-state index in [2.05, 4.69) is 43.5 Å². The lowest BCUT2D eigenvalue weighted by Gasteiger charge is -2.48. The zero-order valence-corrected chi connectivity index (χ0v) is 44.6. The van der Waals surface area contributed by atoms with Crippen LogP contribution in [0.5, 0.6) is 0 Å². The van der Waals surface area contributed by atoms with Crippen LogP contribution in [0, 0.1) is 0 Å². The van der Waals surface area contributed by atoms with Gasteiger partial charge < -0.3 is 89.9 Å². The summed E-state index contributed by atoms with van der Waals surface area (Å²) in [5.74, 6) is -0.291. The first-order chi connectivity index (χ1) is 35.8. The van der Waals surface area contributed by atoms with Crippen molar-refractivity contribution < 1.29 is 89.4 Å². The quantitative estimate of drug-likeness (QED) is 0.0307. The normalized spacial score (nSPS) is 31.7. The number of ether oxygens (including phenoxy) is 6. The van der Waals surface area contributed by atoms with Crippen molar-refractivity contribution in [1.82, 2.24) is 5.32 Å². The average Bonchev–Trinajstić information content (AvgIpc) is 3.40. The summed E-state index contributed by atoms with van der Waals surface area (Å²) in [4.78, 5) is 13.3. The van der Waals surface area contributed by atoms with Gasteiger partial charge in [0.05, 0.1) is 38.6 Å². The van der Waals surface area contributed by atoms with Gasteiger partial charge in [-0.1, -0.05) is 159 Å². The van der Waals surface area contributed by atoms with Crippen LogP contribution in [-0.2, 0) is 33.2 Å². The fourth-order valence-corrected chi connectivity index (χ4v) is 9.46. The van der Waals surface area contributed by atoms with Crippen molar-refractivity contribution in [2.75, 3.05) is 26.4 Å². The van der Waals surface area contributed by atoms with Gasteiger partial charge in [-0.3, -0.25) is 4.79 Å². The summed E-state index contributed by atoms with van der Waals surface area (Å²) in [6.45, 7) is 1.66. The summed E-state index contributed by atoms with van der Waals surface area (Å²) >= 11 is 0. The SMILES string of the molecule is CCCCCCC/C=C/CC/C=C/CC/C=C/C(O)C(COC1OC(CO)C(OC2OC(CO)C(OC3OC(CO)C(O)C(O)C3O)C(O)C2O)C(O)C1O)NC(=O)CCCCCCCCCCCCCCCC. The minimum Gasteiger partial charge on any atom is -0.394 e. The summed E-state index contributed by atoms with van der Waals surface area (Å²) in [5, 5.41) is 120. The number of carbonyl (C=O) groups excluding carboxylic acids is 1. The molecule has 0 bridgehead atoms. The summed E-state index contributed by atoms with van der Waals surface area (Å²) in [6.07, 6.45) is 12.8. The van der Waals surface area contributed by atoms with Crippen molar-refractivity contribution in [3.8, 4) is 0 Å². The maximum atomic E-state index is 13.3. The molecule has 3 aliphatic heterocycles. The van der Waals surface area contributed by atoms with Crippen LogP contribution < -0.4 is 5.32 Å². The molecule has 0 aromatic rings. The fourth-order valence-electron chi connectivity index (χ4n) is 9.46. The van der Waals surface area contributed by atoms with Crippen molar-refractivity contribution in [1.29, 1.82) is 0 Å². The molecule has 0 radical (unpaired) electrons. The number of allylic oxidation sites excluding steroid dienone is 5. The lowest BCUT2D eigenvalue weighted by atomic mass is 9.96. The van der Waals surface area contributed by atoms with E-state index in [4.69, 9.17) is 28.4 Å². The van der Waals surface area contributed by atoms with E-state index in [1.165, 1.54) is 96.3 Å². The standard InChI is InChI=1S/C55H99NO18/c1-3-5-7-9-11-13-15-17-19-20-22-24-26-28-30-32-39(60)38(56-43(61)33-31-29-27-25-23-21-18-16-14-12-10-8-6-4-2)37-69-53-49(67)46(64)51(41(35-58)71-53)74-55-50(68)47(65)52(42(36-59)72-55)73-54-48(66)45(63)44(62)40(34-57)70-54/h15,17,22,24,30,32,38-42,44-55,57-60,62-68H,3-14,16,18-21,23,25-29,31,33-37H2,1-2H3,(H,56,61)/b17-15+,24-22+,32-30+. The molecule has 3 saturated heterocycles. The molecule has 19 nitrogen and oxygen atoms in total. The van der Waals surface area contributed by atoms with Crippen LogP contribution in [0.15, 0.2) is 36.5 Å². The molecule has 0 spiro atoms. The summed E-state index contributed by atoms with van der Waals surface area (Å²) in [5.41, 5.74) is 0. The first kappa shape index (κ1) is 66.3. The van der Waals surface area contributed by atoms with E-state index in [0.717, 1.165) is 44.9 Å². The van der Waals surface area contributed by atoms with Gasteiger partial charge in [0.25, 0.3) is 0 Å². The van der Waals surface area contributed by atoms with Gasteiger partial charge in [-0.2, -0.15) is 0 Å². The van der Waals surface area contributed by atoms with Gasteiger partial charge in [0.2, 0.25) is 5.91 Å². The third kappa shape index (κ3) is 23.9. The molecule has 17 unspecified atom stereocenters. The molecular weight excluding hydrogens is 963 g/mol. The summed E-state index contributed by atoms with van der Waals surface area (Å²) < 4.78 is 34.1. The predicted molar refractivity (Wildman–Crippen MR) is 277 cm³/mol. The van der Waals surface area contributed by atoms with E-state index in [9.17, 15) is 61.0 Å². The van der Waals surface area contributed by atoms with Crippen LogP contribution in [0.2, 0.25) is 0 Å². The van der Waals surface area contributed by atoms with E-state index >= 15 is 0 Å². The Bertz CT molecular complexity index is 1500. The second-order valence-electron chi connectivity index (χ2n) is 20.4. The highest BCUT2D eigenvalue weighted by atomic mass is 16.8. The Kier molecular flexibility index (Phi) is 35.3. The molecule has 0 aliphatic carbocycles. The molecule has 17 atom stereocenters. The highest BCUT2D eigenvalue weighted by Crippen LogP contribution is 2.33.